The topological polar surface area (TPSA) is 85.3 Å². The maximum atomic E-state index is 12.9. The highest BCUT2D eigenvalue weighted by Crippen LogP contribution is 2.33. The molecule has 0 unspecified atom stereocenters. The highest BCUT2D eigenvalue weighted by atomic mass is 16.5. The smallest absolute Gasteiger partial charge is 0.243 e. The molecule has 1 aliphatic rings. The van der Waals surface area contributed by atoms with E-state index in [-0.39, 0.29) is 17.7 Å². The Morgan fingerprint density at radius 1 is 1.17 bits per heavy atom. The summed E-state index contributed by atoms with van der Waals surface area (Å²) in [6.07, 6.45) is 4.11. The summed E-state index contributed by atoms with van der Waals surface area (Å²) >= 11 is 0. The minimum absolute atomic E-state index is 0.177. The Morgan fingerprint density at radius 2 is 2.00 bits per heavy atom. The SMILES string of the molecule is CCn1cc([C@@H](C)[C@H]2NC(=O)[C@@H](Cc3ccccn3)NC2=O)c2cc(OC)ccc21. The van der Waals surface area contributed by atoms with Crippen molar-refractivity contribution in [2.24, 2.45) is 0 Å². The van der Waals surface area contributed by atoms with Gasteiger partial charge in [-0.2, -0.15) is 0 Å². The molecule has 0 saturated carbocycles. The van der Waals surface area contributed by atoms with Gasteiger partial charge in [-0.05, 0) is 42.8 Å². The molecule has 2 N–H and O–H groups in total. The monoisotopic (exact) mass is 406 g/mol. The number of hydrogen-bond acceptors (Lipinski definition) is 4. The second-order valence-electron chi connectivity index (χ2n) is 7.61. The molecule has 4 rings (SSSR count). The second-order valence-corrected chi connectivity index (χ2v) is 7.61. The molecule has 1 aromatic carbocycles. The third kappa shape index (κ3) is 3.63. The van der Waals surface area contributed by atoms with E-state index in [9.17, 15) is 9.59 Å². The number of ether oxygens (including phenoxy) is 1. The number of carbonyl (C=O) groups is 2. The summed E-state index contributed by atoms with van der Waals surface area (Å²) in [5, 5.41) is 6.85. The van der Waals surface area contributed by atoms with E-state index < -0.39 is 12.1 Å². The molecule has 7 nitrogen and oxygen atoms in total. The number of nitrogens with one attached hydrogen (secondary N) is 2. The number of methoxy groups -OCH3 is 1. The van der Waals surface area contributed by atoms with Crippen molar-refractivity contribution in [2.75, 3.05) is 7.11 Å². The van der Waals surface area contributed by atoms with Gasteiger partial charge in [0.1, 0.15) is 17.8 Å². The summed E-state index contributed by atoms with van der Waals surface area (Å²) < 4.78 is 7.54. The summed E-state index contributed by atoms with van der Waals surface area (Å²) in [5.41, 5.74) is 2.85. The first kappa shape index (κ1) is 19.9. The van der Waals surface area contributed by atoms with Crippen molar-refractivity contribution in [3.63, 3.8) is 0 Å². The van der Waals surface area contributed by atoms with Crippen LogP contribution in [0.15, 0.2) is 48.8 Å². The van der Waals surface area contributed by atoms with Gasteiger partial charge in [0, 0.05) is 47.9 Å². The van der Waals surface area contributed by atoms with Crippen LogP contribution in [0.2, 0.25) is 0 Å². The average Bonchev–Trinajstić information content (AvgIpc) is 3.14. The number of piperazine rings is 1. The van der Waals surface area contributed by atoms with Crippen LogP contribution in [0, 0.1) is 0 Å². The van der Waals surface area contributed by atoms with Crippen molar-refractivity contribution in [1.29, 1.82) is 0 Å². The fraction of sp³-hybridized carbons (Fsp3) is 0.348. The minimum Gasteiger partial charge on any atom is -0.497 e. The first-order valence-corrected chi connectivity index (χ1v) is 10.2. The predicted octanol–water partition coefficient (Wildman–Crippen LogP) is 2.39. The van der Waals surface area contributed by atoms with Crippen molar-refractivity contribution in [2.45, 2.75) is 44.8 Å². The molecule has 1 saturated heterocycles. The molecular weight excluding hydrogens is 380 g/mol. The van der Waals surface area contributed by atoms with Gasteiger partial charge in [0.05, 0.1) is 7.11 Å². The molecule has 3 atom stereocenters. The normalized spacial score (nSPS) is 20.0. The number of aryl methyl sites for hydroxylation is 1. The molecule has 2 aromatic heterocycles. The van der Waals surface area contributed by atoms with Gasteiger partial charge >= 0.3 is 0 Å². The number of hydrogen-bond donors (Lipinski definition) is 2. The molecular formula is C23H26N4O3. The van der Waals surface area contributed by atoms with E-state index >= 15 is 0 Å². The lowest BCUT2D eigenvalue weighted by Crippen LogP contribution is -2.63. The van der Waals surface area contributed by atoms with Crippen LogP contribution in [0.4, 0.5) is 0 Å². The molecule has 0 radical (unpaired) electrons. The van der Waals surface area contributed by atoms with Gasteiger partial charge < -0.3 is 19.9 Å². The van der Waals surface area contributed by atoms with Gasteiger partial charge in [0.2, 0.25) is 11.8 Å². The maximum Gasteiger partial charge on any atom is 0.243 e. The number of aromatic nitrogens is 2. The van der Waals surface area contributed by atoms with E-state index in [2.05, 4.69) is 33.3 Å². The second kappa shape index (κ2) is 8.18. The van der Waals surface area contributed by atoms with E-state index in [4.69, 9.17) is 4.74 Å². The Kier molecular flexibility index (Phi) is 5.44. The van der Waals surface area contributed by atoms with Crippen LogP contribution < -0.4 is 15.4 Å². The van der Waals surface area contributed by atoms with Crippen molar-refractivity contribution in [1.82, 2.24) is 20.2 Å². The average molecular weight is 406 g/mol. The van der Waals surface area contributed by atoms with Crippen LogP contribution in [0.5, 0.6) is 5.75 Å². The van der Waals surface area contributed by atoms with Crippen molar-refractivity contribution < 1.29 is 14.3 Å². The fourth-order valence-electron chi connectivity index (χ4n) is 4.11. The molecule has 2 amide bonds. The summed E-state index contributed by atoms with van der Waals surface area (Å²) in [5.74, 6) is 0.196. The van der Waals surface area contributed by atoms with Gasteiger partial charge in [-0.3, -0.25) is 14.6 Å². The standard InChI is InChI=1S/C23H26N4O3/c1-4-27-13-18(17-12-16(30-3)8-9-20(17)27)14(2)21-23(29)25-19(22(28)26-21)11-15-7-5-6-10-24-15/h5-10,12-14,19,21H,4,11H2,1-3H3,(H,25,29)(H,26,28)/t14-,19-,21-/m1/s1. The molecule has 0 spiro atoms. The first-order chi connectivity index (χ1) is 14.5. The Bertz CT molecular complexity index is 1080. The summed E-state index contributed by atoms with van der Waals surface area (Å²) in [6, 6.07) is 10.2. The number of carbonyl (C=O) groups excluding carboxylic acids is 2. The van der Waals surface area contributed by atoms with Crippen LogP contribution in [0.1, 0.15) is 31.0 Å². The third-order valence-corrected chi connectivity index (χ3v) is 5.80. The minimum atomic E-state index is -0.639. The zero-order valence-electron chi connectivity index (χ0n) is 17.4. The molecule has 3 heterocycles. The molecule has 1 fully saturated rings. The van der Waals surface area contributed by atoms with E-state index in [1.807, 2.05) is 43.3 Å². The lowest BCUT2D eigenvalue weighted by Gasteiger charge is -2.32. The quantitative estimate of drug-likeness (QED) is 0.658. The van der Waals surface area contributed by atoms with Gasteiger partial charge in [-0.15, -0.1) is 0 Å². The summed E-state index contributed by atoms with van der Waals surface area (Å²) in [4.78, 5) is 29.9. The van der Waals surface area contributed by atoms with Crippen molar-refractivity contribution >= 4 is 22.7 Å². The van der Waals surface area contributed by atoms with Crippen LogP contribution in [-0.4, -0.2) is 40.6 Å². The lowest BCUT2D eigenvalue weighted by molar-refractivity contribution is -0.137. The molecule has 30 heavy (non-hydrogen) atoms. The van der Waals surface area contributed by atoms with Gasteiger partial charge in [0.15, 0.2) is 0 Å². The number of pyridine rings is 1. The summed E-state index contributed by atoms with van der Waals surface area (Å²) in [7, 11) is 1.64. The molecule has 0 aliphatic carbocycles. The Labute approximate surface area is 175 Å². The van der Waals surface area contributed by atoms with Crippen molar-refractivity contribution in [3.8, 4) is 5.75 Å². The maximum absolute atomic E-state index is 12.9. The largest absolute Gasteiger partial charge is 0.497 e. The zero-order valence-corrected chi connectivity index (χ0v) is 17.4. The van der Waals surface area contributed by atoms with E-state index in [0.717, 1.165) is 34.5 Å². The Balaban J connectivity index is 1.59. The molecule has 1 aliphatic heterocycles. The van der Waals surface area contributed by atoms with Crippen LogP contribution in [-0.2, 0) is 22.6 Å². The first-order valence-electron chi connectivity index (χ1n) is 10.2. The number of fused-ring (bicyclic) bond motifs is 1. The number of benzene rings is 1. The lowest BCUT2D eigenvalue weighted by atomic mass is 9.90. The Morgan fingerprint density at radius 3 is 2.70 bits per heavy atom. The number of amides is 2. The number of nitrogens with zero attached hydrogens (tertiary/aromatic N) is 2. The highest BCUT2D eigenvalue weighted by molar-refractivity contribution is 5.98. The highest BCUT2D eigenvalue weighted by Gasteiger charge is 2.38. The van der Waals surface area contributed by atoms with Crippen molar-refractivity contribution in [3.05, 3.63) is 60.0 Å². The Hall–Kier alpha value is -3.35. The van der Waals surface area contributed by atoms with Crippen LogP contribution >= 0.6 is 0 Å². The van der Waals surface area contributed by atoms with Crippen LogP contribution in [0.25, 0.3) is 10.9 Å². The van der Waals surface area contributed by atoms with Gasteiger partial charge in [0.25, 0.3) is 0 Å². The number of rotatable bonds is 6. The van der Waals surface area contributed by atoms with E-state index in [0.29, 0.717) is 6.42 Å². The van der Waals surface area contributed by atoms with Gasteiger partial charge in [-0.25, -0.2) is 0 Å². The van der Waals surface area contributed by atoms with E-state index in [1.165, 1.54) is 0 Å². The third-order valence-electron chi connectivity index (χ3n) is 5.80. The zero-order chi connectivity index (χ0) is 21.3. The molecule has 156 valence electrons. The predicted molar refractivity (Wildman–Crippen MR) is 114 cm³/mol. The van der Waals surface area contributed by atoms with Gasteiger partial charge in [-0.1, -0.05) is 13.0 Å². The van der Waals surface area contributed by atoms with Crippen LogP contribution in [0.3, 0.4) is 0 Å². The summed E-state index contributed by atoms with van der Waals surface area (Å²) in [6.45, 7) is 4.86. The molecule has 0 bridgehead atoms. The van der Waals surface area contributed by atoms with E-state index in [1.54, 1.807) is 13.3 Å². The molecule has 3 aromatic rings. The fourth-order valence-corrected chi connectivity index (χ4v) is 4.11. The molecule has 7 heteroatoms.